The van der Waals surface area contributed by atoms with E-state index < -0.39 is 0 Å². The number of nitrogens with zero attached hydrogens (tertiary/aromatic N) is 2. The topological polar surface area (TPSA) is 76.8 Å². The number of rotatable bonds is 2. The summed E-state index contributed by atoms with van der Waals surface area (Å²) in [5, 5.41) is 0. The minimum Gasteiger partial charge on any atom is -0.368 e. The van der Waals surface area contributed by atoms with Gasteiger partial charge in [0.25, 0.3) is 0 Å². The van der Waals surface area contributed by atoms with E-state index in [0.717, 1.165) is 6.42 Å². The molecule has 0 fully saturated rings. The molecule has 0 aliphatic heterocycles. The van der Waals surface area contributed by atoms with Crippen LogP contribution in [0.15, 0.2) is 9.98 Å². The number of hydrogen-bond donors (Lipinski definition) is 2. The van der Waals surface area contributed by atoms with Gasteiger partial charge in [-0.25, -0.2) is 4.99 Å². The summed E-state index contributed by atoms with van der Waals surface area (Å²) in [6.07, 6.45) is 2.40. The standard InChI is InChI=1S/C5H12N4/c1-8-5(7)9-4-2-3-6/h4H,2-3,6H2,1H3,(H2,7,8)/b9-4+. The third-order valence-corrected chi connectivity index (χ3v) is 0.748. The van der Waals surface area contributed by atoms with Crippen LogP contribution in [0.2, 0.25) is 0 Å². The highest BCUT2D eigenvalue weighted by Gasteiger charge is 1.78. The molecule has 0 unspecified atom stereocenters. The van der Waals surface area contributed by atoms with Crippen molar-refractivity contribution in [2.45, 2.75) is 6.42 Å². The minimum absolute atomic E-state index is 0.295. The molecule has 0 aromatic rings. The first-order chi connectivity index (χ1) is 4.31. The van der Waals surface area contributed by atoms with Gasteiger partial charge < -0.3 is 11.5 Å². The van der Waals surface area contributed by atoms with Crippen LogP contribution in [0.5, 0.6) is 0 Å². The van der Waals surface area contributed by atoms with Gasteiger partial charge in [0.15, 0.2) is 0 Å². The molecule has 52 valence electrons. The zero-order valence-corrected chi connectivity index (χ0v) is 5.54. The molecule has 0 heterocycles. The van der Waals surface area contributed by atoms with Crippen LogP contribution in [-0.4, -0.2) is 25.8 Å². The molecular weight excluding hydrogens is 116 g/mol. The van der Waals surface area contributed by atoms with Gasteiger partial charge in [-0.2, -0.15) is 0 Å². The summed E-state index contributed by atoms with van der Waals surface area (Å²) in [6.45, 7) is 0.598. The van der Waals surface area contributed by atoms with Gasteiger partial charge in [0.05, 0.1) is 0 Å². The molecule has 0 aromatic carbocycles. The number of aliphatic imine (C=N–C) groups is 2. The van der Waals surface area contributed by atoms with E-state index in [9.17, 15) is 0 Å². The molecule has 0 aliphatic rings. The van der Waals surface area contributed by atoms with E-state index in [-0.39, 0.29) is 0 Å². The highest BCUT2D eigenvalue weighted by atomic mass is 15.0. The molecule has 9 heavy (non-hydrogen) atoms. The summed E-state index contributed by atoms with van der Waals surface area (Å²) in [5.74, 6) is 0.295. The van der Waals surface area contributed by atoms with Gasteiger partial charge in [-0.05, 0) is 13.0 Å². The maximum absolute atomic E-state index is 5.22. The smallest absolute Gasteiger partial charge is 0.214 e. The number of nitrogens with two attached hydrogens (primary N) is 2. The van der Waals surface area contributed by atoms with E-state index >= 15 is 0 Å². The van der Waals surface area contributed by atoms with Crippen molar-refractivity contribution in [3.8, 4) is 0 Å². The second kappa shape index (κ2) is 5.24. The van der Waals surface area contributed by atoms with E-state index in [0.29, 0.717) is 12.5 Å². The average Bonchev–Trinajstić information content (AvgIpc) is 1.89. The van der Waals surface area contributed by atoms with Crippen LogP contribution < -0.4 is 11.5 Å². The third kappa shape index (κ3) is 4.96. The van der Waals surface area contributed by atoms with Crippen LogP contribution in [0, 0.1) is 0 Å². The quantitative estimate of drug-likeness (QED) is 0.383. The van der Waals surface area contributed by atoms with Gasteiger partial charge in [0.2, 0.25) is 5.96 Å². The fraction of sp³-hybridized carbons (Fsp3) is 0.600. The summed E-state index contributed by atoms with van der Waals surface area (Å²) in [7, 11) is 1.59. The van der Waals surface area contributed by atoms with Crippen LogP contribution in [0.1, 0.15) is 6.42 Å². The zero-order valence-electron chi connectivity index (χ0n) is 5.54. The summed E-state index contributed by atoms with van der Waals surface area (Å²) in [5.41, 5.74) is 10.4. The molecule has 0 aliphatic carbocycles. The van der Waals surface area contributed by atoms with Crippen molar-refractivity contribution >= 4 is 12.2 Å². The molecule has 4 N–H and O–H groups in total. The van der Waals surface area contributed by atoms with E-state index in [1.165, 1.54) is 0 Å². The van der Waals surface area contributed by atoms with Gasteiger partial charge in [-0.15, -0.1) is 0 Å². The summed E-state index contributed by atoms with van der Waals surface area (Å²) < 4.78 is 0. The second-order valence-corrected chi connectivity index (χ2v) is 1.47. The average molecular weight is 128 g/mol. The Kier molecular flexibility index (Phi) is 4.72. The van der Waals surface area contributed by atoms with E-state index in [2.05, 4.69) is 9.98 Å². The molecule has 0 radical (unpaired) electrons. The summed E-state index contributed by atoms with van der Waals surface area (Å²) in [4.78, 5) is 7.37. The van der Waals surface area contributed by atoms with Gasteiger partial charge in [-0.3, -0.25) is 4.99 Å². The predicted octanol–water partition coefficient (Wildman–Crippen LogP) is -0.649. The lowest BCUT2D eigenvalue weighted by Gasteiger charge is -1.86. The van der Waals surface area contributed by atoms with Gasteiger partial charge in [-0.1, -0.05) is 0 Å². The Labute approximate surface area is 54.7 Å². The van der Waals surface area contributed by atoms with Gasteiger partial charge in [0, 0.05) is 13.3 Å². The van der Waals surface area contributed by atoms with Crippen molar-refractivity contribution in [3.63, 3.8) is 0 Å². The molecule has 0 aromatic heterocycles. The van der Waals surface area contributed by atoms with Crippen molar-refractivity contribution in [3.05, 3.63) is 0 Å². The van der Waals surface area contributed by atoms with Crippen LogP contribution in [0.3, 0.4) is 0 Å². The van der Waals surface area contributed by atoms with Gasteiger partial charge in [0.1, 0.15) is 0 Å². The Bertz CT molecular complexity index is 116. The maximum atomic E-state index is 5.22. The van der Waals surface area contributed by atoms with E-state index in [1.807, 2.05) is 0 Å². The van der Waals surface area contributed by atoms with Crippen LogP contribution in [0.25, 0.3) is 0 Å². The van der Waals surface area contributed by atoms with E-state index in [1.54, 1.807) is 13.3 Å². The number of guanidine groups is 1. The molecule has 0 amide bonds. The number of hydrogen-bond acceptors (Lipinski definition) is 2. The molecule has 0 atom stereocenters. The molecule has 4 nitrogen and oxygen atoms in total. The lowest BCUT2D eigenvalue weighted by molar-refractivity contribution is 1.06. The Morgan fingerprint density at radius 3 is 2.78 bits per heavy atom. The van der Waals surface area contributed by atoms with Crippen molar-refractivity contribution in [2.24, 2.45) is 21.5 Å². The Hall–Kier alpha value is -0.900. The van der Waals surface area contributed by atoms with Crippen LogP contribution in [0.4, 0.5) is 0 Å². The first-order valence-electron chi connectivity index (χ1n) is 2.76. The second-order valence-electron chi connectivity index (χ2n) is 1.47. The molecule has 0 spiro atoms. The monoisotopic (exact) mass is 128 g/mol. The van der Waals surface area contributed by atoms with Crippen molar-refractivity contribution in [1.82, 2.24) is 0 Å². The fourth-order valence-corrected chi connectivity index (χ4v) is 0.290. The summed E-state index contributed by atoms with van der Waals surface area (Å²) in [6, 6.07) is 0. The fourth-order valence-electron chi connectivity index (χ4n) is 0.290. The molecule has 0 rings (SSSR count). The molecular formula is C5H12N4. The highest BCUT2D eigenvalue weighted by Crippen LogP contribution is 1.70. The lowest BCUT2D eigenvalue weighted by Crippen LogP contribution is -2.08. The molecule has 0 saturated carbocycles. The Morgan fingerprint density at radius 1 is 1.67 bits per heavy atom. The van der Waals surface area contributed by atoms with Crippen LogP contribution >= 0.6 is 0 Å². The molecule has 4 heteroatoms. The van der Waals surface area contributed by atoms with Crippen molar-refractivity contribution in [2.75, 3.05) is 13.6 Å². The molecule has 0 bridgehead atoms. The minimum atomic E-state index is 0.295. The summed E-state index contributed by atoms with van der Waals surface area (Å²) >= 11 is 0. The lowest BCUT2D eigenvalue weighted by atomic mass is 10.5. The molecule has 0 saturated heterocycles. The Morgan fingerprint density at radius 2 is 2.33 bits per heavy atom. The zero-order chi connectivity index (χ0) is 7.11. The van der Waals surface area contributed by atoms with Gasteiger partial charge >= 0.3 is 0 Å². The first kappa shape index (κ1) is 8.10. The highest BCUT2D eigenvalue weighted by molar-refractivity contribution is 5.86. The largest absolute Gasteiger partial charge is 0.368 e. The normalized spacial score (nSPS) is 12.9. The van der Waals surface area contributed by atoms with E-state index in [4.69, 9.17) is 11.5 Å². The van der Waals surface area contributed by atoms with Crippen LogP contribution in [-0.2, 0) is 0 Å². The predicted molar refractivity (Wildman–Crippen MR) is 39.7 cm³/mol. The third-order valence-electron chi connectivity index (χ3n) is 0.748. The maximum Gasteiger partial charge on any atom is 0.214 e. The Balaban J connectivity index is 3.45. The van der Waals surface area contributed by atoms with Crippen molar-refractivity contribution < 1.29 is 0 Å². The van der Waals surface area contributed by atoms with Crippen molar-refractivity contribution in [1.29, 1.82) is 0 Å². The first-order valence-corrected chi connectivity index (χ1v) is 2.76. The SMILES string of the molecule is C/N=C(N)\N=C\CCN.